The van der Waals surface area contributed by atoms with Gasteiger partial charge in [-0.1, -0.05) is 24.6 Å². The van der Waals surface area contributed by atoms with Crippen LogP contribution in [0.4, 0.5) is 5.69 Å². The Morgan fingerprint density at radius 2 is 2.06 bits per heavy atom. The van der Waals surface area contributed by atoms with E-state index in [4.69, 9.17) is 5.73 Å². The van der Waals surface area contributed by atoms with Crippen molar-refractivity contribution < 1.29 is 4.79 Å². The summed E-state index contributed by atoms with van der Waals surface area (Å²) in [5, 5.41) is 0. The number of carbonyl (C=O) groups is 1. The normalized spacial score (nSPS) is 17.3. The number of rotatable bonds is 4. The molecule has 2 N–H and O–H groups in total. The molecule has 3 heteroatoms. The van der Waals surface area contributed by atoms with E-state index in [0.29, 0.717) is 5.92 Å². The first-order valence-corrected chi connectivity index (χ1v) is 6.30. The average Bonchev–Trinajstić information content (AvgIpc) is 2.28. The molecule has 0 aliphatic heterocycles. The smallest absolute Gasteiger partial charge is 0.243 e. The molecule has 1 amide bonds. The Balaban J connectivity index is 2.14. The van der Waals surface area contributed by atoms with Gasteiger partial charge in [-0.15, -0.1) is 0 Å². The van der Waals surface area contributed by atoms with Crippen molar-refractivity contribution in [3.8, 4) is 0 Å². The maximum Gasteiger partial charge on any atom is 0.243 e. The van der Waals surface area contributed by atoms with Crippen LogP contribution in [0.2, 0.25) is 0 Å². The lowest BCUT2D eigenvalue weighted by Crippen LogP contribution is -2.45. The SMILES string of the molecule is C[C@@H](N)C(=O)N(CC1CCC1)c1ccccc1. The lowest BCUT2D eigenvalue weighted by Gasteiger charge is -2.33. The number of benzene rings is 1. The zero-order valence-electron chi connectivity index (χ0n) is 10.3. The van der Waals surface area contributed by atoms with Gasteiger partial charge < -0.3 is 10.6 Å². The highest BCUT2D eigenvalue weighted by atomic mass is 16.2. The van der Waals surface area contributed by atoms with Crippen molar-refractivity contribution in [1.29, 1.82) is 0 Å². The van der Waals surface area contributed by atoms with Crippen LogP contribution in [0.5, 0.6) is 0 Å². The zero-order valence-corrected chi connectivity index (χ0v) is 10.3. The Kier molecular flexibility index (Phi) is 3.79. The molecule has 0 unspecified atom stereocenters. The van der Waals surface area contributed by atoms with Crippen LogP contribution in [-0.2, 0) is 4.79 Å². The summed E-state index contributed by atoms with van der Waals surface area (Å²) in [5.74, 6) is 0.668. The van der Waals surface area contributed by atoms with Crippen LogP contribution in [0.1, 0.15) is 26.2 Å². The van der Waals surface area contributed by atoms with Crippen LogP contribution >= 0.6 is 0 Å². The molecule has 1 atom stereocenters. The molecule has 1 aliphatic rings. The van der Waals surface area contributed by atoms with Crippen molar-refractivity contribution in [2.45, 2.75) is 32.2 Å². The number of hydrogen-bond donors (Lipinski definition) is 1. The average molecular weight is 232 g/mol. The first-order chi connectivity index (χ1) is 8.18. The molecule has 1 aromatic carbocycles. The van der Waals surface area contributed by atoms with Crippen molar-refractivity contribution in [3.05, 3.63) is 30.3 Å². The summed E-state index contributed by atoms with van der Waals surface area (Å²) < 4.78 is 0. The van der Waals surface area contributed by atoms with Gasteiger partial charge in [-0.25, -0.2) is 0 Å². The number of nitrogens with two attached hydrogens (primary N) is 1. The summed E-state index contributed by atoms with van der Waals surface area (Å²) in [5.41, 5.74) is 6.68. The van der Waals surface area contributed by atoms with Gasteiger partial charge in [-0.05, 0) is 37.8 Å². The monoisotopic (exact) mass is 232 g/mol. The van der Waals surface area contributed by atoms with Crippen LogP contribution < -0.4 is 10.6 Å². The van der Waals surface area contributed by atoms with Crippen LogP contribution in [0.3, 0.4) is 0 Å². The maximum absolute atomic E-state index is 12.1. The van der Waals surface area contributed by atoms with Crippen LogP contribution in [0.15, 0.2) is 30.3 Å². The van der Waals surface area contributed by atoms with Gasteiger partial charge in [0.15, 0.2) is 0 Å². The number of hydrogen-bond acceptors (Lipinski definition) is 2. The second-order valence-corrected chi connectivity index (χ2v) is 4.87. The standard InChI is InChI=1S/C14H20N2O/c1-11(15)14(17)16(10-12-6-5-7-12)13-8-3-2-4-9-13/h2-4,8-9,11-12H,5-7,10,15H2,1H3/t11-/m1/s1. The lowest BCUT2D eigenvalue weighted by molar-refractivity contribution is -0.119. The molecular weight excluding hydrogens is 212 g/mol. The molecule has 3 nitrogen and oxygen atoms in total. The summed E-state index contributed by atoms with van der Waals surface area (Å²) in [4.78, 5) is 14.0. The largest absolute Gasteiger partial charge is 0.320 e. The fourth-order valence-corrected chi connectivity index (χ4v) is 2.11. The fraction of sp³-hybridized carbons (Fsp3) is 0.500. The van der Waals surface area contributed by atoms with E-state index in [9.17, 15) is 4.79 Å². The fourth-order valence-electron chi connectivity index (χ4n) is 2.11. The van der Waals surface area contributed by atoms with E-state index in [0.717, 1.165) is 12.2 Å². The van der Waals surface area contributed by atoms with Gasteiger partial charge in [0.05, 0.1) is 6.04 Å². The predicted octanol–water partition coefficient (Wildman–Crippen LogP) is 2.17. The van der Waals surface area contributed by atoms with Gasteiger partial charge in [-0.2, -0.15) is 0 Å². The molecule has 2 rings (SSSR count). The quantitative estimate of drug-likeness (QED) is 0.864. The highest BCUT2D eigenvalue weighted by molar-refractivity contribution is 5.96. The molecule has 92 valence electrons. The van der Waals surface area contributed by atoms with Gasteiger partial charge in [-0.3, -0.25) is 4.79 Å². The summed E-state index contributed by atoms with van der Waals surface area (Å²) in [7, 11) is 0. The van der Waals surface area contributed by atoms with Gasteiger partial charge in [0.1, 0.15) is 0 Å². The van der Waals surface area contributed by atoms with Crippen molar-refractivity contribution >= 4 is 11.6 Å². The number of carbonyl (C=O) groups excluding carboxylic acids is 1. The van der Waals surface area contributed by atoms with Gasteiger partial charge >= 0.3 is 0 Å². The van der Waals surface area contributed by atoms with Crippen LogP contribution in [-0.4, -0.2) is 18.5 Å². The van der Waals surface area contributed by atoms with Crippen LogP contribution in [0, 0.1) is 5.92 Å². The Morgan fingerprint density at radius 1 is 1.41 bits per heavy atom. The number of anilines is 1. The van der Waals surface area contributed by atoms with Crippen molar-refractivity contribution in [1.82, 2.24) is 0 Å². The second kappa shape index (κ2) is 5.32. The molecule has 0 spiro atoms. The van der Waals surface area contributed by atoms with Gasteiger partial charge in [0, 0.05) is 12.2 Å². The molecule has 1 aromatic rings. The lowest BCUT2D eigenvalue weighted by atomic mass is 9.85. The van der Waals surface area contributed by atoms with E-state index in [1.54, 1.807) is 6.92 Å². The van der Waals surface area contributed by atoms with Crippen LogP contribution in [0.25, 0.3) is 0 Å². The Labute approximate surface area is 103 Å². The second-order valence-electron chi connectivity index (χ2n) is 4.87. The maximum atomic E-state index is 12.1. The topological polar surface area (TPSA) is 46.3 Å². The number of para-hydroxylation sites is 1. The van der Waals surface area contributed by atoms with Gasteiger partial charge in [0.2, 0.25) is 5.91 Å². The zero-order chi connectivity index (χ0) is 12.3. The summed E-state index contributed by atoms with van der Waals surface area (Å²) in [6, 6.07) is 9.38. The van der Waals surface area contributed by atoms with E-state index < -0.39 is 6.04 Å². The Hall–Kier alpha value is -1.35. The molecule has 1 fully saturated rings. The molecule has 0 heterocycles. The van der Waals surface area contributed by atoms with Crippen molar-refractivity contribution in [2.75, 3.05) is 11.4 Å². The molecule has 0 saturated heterocycles. The van der Waals surface area contributed by atoms with Gasteiger partial charge in [0.25, 0.3) is 0 Å². The third-order valence-electron chi connectivity index (χ3n) is 3.39. The summed E-state index contributed by atoms with van der Waals surface area (Å²) in [6.45, 7) is 2.56. The highest BCUT2D eigenvalue weighted by Crippen LogP contribution is 2.29. The number of nitrogens with zero attached hydrogens (tertiary/aromatic N) is 1. The third-order valence-corrected chi connectivity index (χ3v) is 3.39. The van der Waals surface area contributed by atoms with Crippen molar-refractivity contribution in [3.63, 3.8) is 0 Å². The molecule has 17 heavy (non-hydrogen) atoms. The Morgan fingerprint density at radius 3 is 2.53 bits per heavy atom. The molecule has 1 saturated carbocycles. The minimum absolute atomic E-state index is 0.0168. The van der Waals surface area contributed by atoms with E-state index >= 15 is 0 Å². The molecular formula is C14H20N2O. The molecule has 0 bridgehead atoms. The first kappa shape index (κ1) is 12.1. The predicted molar refractivity (Wildman–Crippen MR) is 69.8 cm³/mol. The number of amides is 1. The molecule has 1 aliphatic carbocycles. The van der Waals surface area contributed by atoms with E-state index in [-0.39, 0.29) is 5.91 Å². The van der Waals surface area contributed by atoms with E-state index in [1.807, 2.05) is 35.2 Å². The minimum atomic E-state index is -0.435. The van der Waals surface area contributed by atoms with Crippen molar-refractivity contribution in [2.24, 2.45) is 11.7 Å². The summed E-state index contributed by atoms with van der Waals surface area (Å²) >= 11 is 0. The minimum Gasteiger partial charge on any atom is -0.320 e. The van der Waals surface area contributed by atoms with E-state index in [2.05, 4.69) is 0 Å². The molecule has 0 aromatic heterocycles. The highest BCUT2D eigenvalue weighted by Gasteiger charge is 2.25. The summed E-state index contributed by atoms with van der Waals surface area (Å²) in [6.07, 6.45) is 3.75. The van der Waals surface area contributed by atoms with E-state index in [1.165, 1.54) is 19.3 Å². The Bertz CT molecular complexity index is 371. The third kappa shape index (κ3) is 2.86. The first-order valence-electron chi connectivity index (χ1n) is 6.30. The molecule has 0 radical (unpaired) electrons.